The monoisotopic (exact) mass is 388 g/mol. The Morgan fingerprint density at radius 2 is 1.75 bits per heavy atom. The van der Waals surface area contributed by atoms with Crippen LogP contribution in [0.5, 0.6) is 11.5 Å². The Morgan fingerprint density at radius 3 is 2.36 bits per heavy atom. The first-order valence-electron chi connectivity index (χ1n) is 8.36. The van der Waals surface area contributed by atoms with Crippen LogP contribution in [-0.2, 0) is 4.74 Å². The average molecular weight is 388 g/mol. The number of nitrogens with zero attached hydrogens (tertiary/aromatic N) is 1. The van der Waals surface area contributed by atoms with E-state index in [4.69, 9.17) is 14.2 Å². The first kappa shape index (κ1) is 20.9. The van der Waals surface area contributed by atoms with Crippen LogP contribution >= 0.6 is 0 Å². The van der Waals surface area contributed by atoms with Crippen molar-refractivity contribution in [2.75, 3.05) is 7.11 Å². The van der Waals surface area contributed by atoms with Gasteiger partial charge in [-0.1, -0.05) is 0 Å². The highest BCUT2D eigenvalue weighted by atomic mass is 19.1. The highest BCUT2D eigenvalue weighted by molar-refractivity contribution is 5.91. The molecule has 8 heteroatoms. The molecule has 7 nitrogen and oxygen atoms in total. The predicted molar refractivity (Wildman–Crippen MR) is 101 cm³/mol. The molecule has 0 unspecified atom stereocenters. The molecule has 0 aliphatic rings. The molecule has 148 valence electrons. The molecule has 1 amide bonds. The molecule has 0 aliphatic carbocycles. The van der Waals surface area contributed by atoms with Gasteiger partial charge in [0.2, 0.25) is 0 Å². The predicted octanol–water partition coefficient (Wildman–Crippen LogP) is 3.91. The number of amides is 1. The SMILES string of the molecule is COc1cc(/C=N/NC(=O)OC(C)(C)C)ccc1OC(=O)c1ccc(F)cc1. The summed E-state index contributed by atoms with van der Waals surface area (Å²) in [6.45, 7) is 5.23. The van der Waals surface area contributed by atoms with E-state index in [9.17, 15) is 14.0 Å². The van der Waals surface area contributed by atoms with Gasteiger partial charge in [0.05, 0.1) is 18.9 Å². The number of hydrogen-bond acceptors (Lipinski definition) is 6. The van der Waals surface area contributed by atoms with Crippen LogP contribution in [-0.4, -0.2) is 31.0 Å². The molecule has 0 aliphatic heterocycles. The molecule has 28 heavy (non-hydrogen) atoms. The van der Waals surface area contributed by atoms with Gasteiger partial charge in [-0.3, -0.25) is 0 Å². The van der Waals surface area contributed by atoms with Gasteiger partial charge in [-0.25, -0.2) is 19.4 Å². The highest BCUT2D eigenvalue weighted by Crippen LogP contribution is 2.28. The minimum absolute atomic E-state index is 0.189. The fourth-order valence-electron chi connectivity index (χ4n) is 2.05. The van der Waals surface area contributed by atoms with Gasteiger partial charge in [0.1, 0.15) is 11.4 Å². The maximum atomic E-state index is 13.0. The number of hydrazone groups is 1. The zero-order chi connectivity index (χ0) is 20.7. The summed E-state index contributed by atoms with van der Waals surface area (Å²) in [5, 5.41) is 3.80. The number of carbonyl (C=O) groups is 2. The average Bonchev–Trinajstić information content (AvgIpc) is 2.61. The van der Waals surface area contributed by atoms with Gasteiger partial charge >= 0.3 is 12.1 Å². The lowest BCUT2D eigenvalue weighted by molar-refractivity contribution is 0.0529. The van der Waals surface area contributed by atoms with E-state index in [0.717, 1.165) is 0 Å². The molecule has 1 N–H and O–H groups in total. The minimum Gasteiger partial charge on any atom is -0.493 e. The molecule has 0 saturated heterocycles. The van der Waals surface area contributed by atoms with Crippen molar-refractivity contribution in [1.82, 2.24) is 5.43 Å². The Bertz CT molecular complexity index is 873. The number of nitrogens with one attached hydrogen (secondary N) is 1. The van der Waals surface area contributed by atoms with Crippen molar-refractivity contribution in [3.63, 3.8) is 0 Å². The van der Waals surface area contributed by atoms with Crippen molar-refractivity contribution in [3.8, 4) is 11.5 Å². The Morgan fingerprint density at radius 1 is 1.07 bits per heavy atom. The maximum absolute atomic E-state index is 13.0. The molecule has 2 aromatic rings. The molecule has 0 fully saturated rings. The summed E-state index contributed by atoms with van der Waals surface area (Å²) in [6, 6.07) is 9.72. The van der Waals surface area contributed by atoms with Crippen LogP contribution in [0.1, 0.15) is 36.7 Å². The number of ether oxygens (including phenoxy) is 3. The summed E-state index contributed by atoms with van der Waals surface area (Å²) >= 11 is 0. The van der Waals surface area contributed by atoms with Gasteiger partial charge in [0.25, 0.3) is 0 Å². The zero-order valence-corrected chi connectivity index (χ0v) is 16.0. The number of methoxy groups -OCH3 is 1. The lowest BCUT2D eigenvalue weighted by Crippen LogP contribution is -2.29. The standard InChI is InChI=1S/C20H21FN2O5/c1-20(2,3)28-19(25)23-22-12-13-5-10-16(17(11-13)26-4)27-18(24)14-6-8-15(21)9-7-14/h5-12H,1-4H3,(H,23,25)/b22-12+. The second-order valence-corrected chi connectivity index (χ2v) is 6.68. The van der Waals surface area contributed by atoms with Gasteiger partial charge in [-0.05, 0) is 68.8 Å². The van der Waals surface area contributed by atoms with Gasteiger partial charge in [-0.2, -0.15) is 5.10 Å². The molecule has 0 bridgehead atoms. The normalized spacial score (nSPS) is 11.2. The minimum atomic E-state index is -0.680. The van der Waals surface area contributed by atoms with Crippen LogP contribution in [0.4, 0.5) is 9.18 Å². The summed E-state index contributed by atoms with van der Waals surface area (Å²) in [5.74, 6) is -0.616. The molecule has 2 rings (SSSR count). The topological polar surface area (TPSA) is 86.2 Å². The Hall–Kier alpha value is -3.42. The third-order valence-corrected chi connectivity index (χ3v) is 3.24. The van der Waals surface area contributed by atoms with Gasteiger partial charge in [0.15, 0.2) is 11.5 Å². The lowest BCUT2D eigenvalue weighted by Gasteiger charge is -2.18. The van der Waals surface area contributed by atoms with E-state index in [2.05, 4.69) is 10.5 Å². The smallest absolute Gasteiger partial charge is 0.428 e. The van der Waals surface area contributed by atoms with Crippen LogP contribution in [0.2, 0.25) is 0 Å². The second-order valence-electron chi connectivity index (χ2n) is 6.68. The maximum Gasteiger partial charge on any atom is 0.428 e. The van der Waals surface area contributed by atoms with E-state index < -0.39 is 23.5 Å². The van der Waals surface area contributed by atoms with Crippen molar-refractivity contribution in [1.29, 1.82) is 0 Å². The number of halogens is 1. The van der Waals surface area contributed by atoms with Crippen LogP contribution in [0.3, 0.4) is 0 Å². The molecular formula is C20H21FN2O5. The van der Waals surface area contributed by atoms with Crippen LogP contribution in [0, 0.1) is 5.82 Å². The molecule has 0 heterocycles. The Labute approximate surface area is 162 Å². The molecule has 0 radical (unpaired) electrons. The van der Waals surface area contributed by atoms with E-state index in [1.165, 1.54) is 43.7 Å². The van der Waals surface area contributed by atoms with E-state index in [1.807, 2.05) is 0 Å². The Kier molecular flexibility index (Phi) is 6.70. The largest absolute Gasteiger partial charge is 0.493 e. The highest BCUT2D eigenvalue weighted by Gasteiger charge is 2.15. The van der Waals surface area contributed by atoms with E-state index in [-0.39, 0.29) is 17.1 Å². The number of carbonyl (C=O) groups excluding carboxylic acids is 2. The summed E-state index contributed by atoms with van der Waals surface area (Å²) in [6.07, 6.45) is 0.707. The molecule has 2 aromatic carbocycles. The van der Waals surface area contributed by atoms with Crippen LogP contribution in [0.25, 0.3) is 0 Å². The van der Waals surface area contributed by atoms with Gasteiger partial charge < -0.3 is 14.2 Å². The molecule has 0 spiro atoms. The van der Waals surface area contributed by atoms with Crippen molar-refractivity contribution in [2.24, 2.45) is 5.10 Å². The van der Waals surface area contributed by atoms with E-state index in [0.29, 0.717) is 5.56 Å². The van der Waals surface area contributed by atoms with Gasteiger partial charge in [-0.15, -0.1) is 0 Å². The van der Waals surface area contributed by atoms with Crippen LogP contribution < -0.4 is 14.9 Å². The quantitative estimate of drug-likeness (QED) is 0.363. The summed E-state index contributed by atoms with van der Waals surface area (Å²) in [4.78, 5) is 23.7. The van der Waals surface area contributed by atoms with E-state index in [1.54, 1.807) is 32.9 Å². The van der Waals surface area contributed by atoms with E-state index >= 15 is 0 Å². The summed E-state index contributed by atoms with van der Waals surface area (Å²) in [7, 11) is 1.42. The van der Waals surface area contributed by atoms with Crippen molar-refractivity contribution in [2.45, 2.75) is 26.4 Å². The third kappa shape index (κ3) is 6.39. The van der Waals surface area contributed by atoms with Gasteiger partial charge in [0, 0.05) is 0 Å². The molecular weight excluding hydrogens is 367 g/mol. The number of hydrogen-bond donors (Lipinski definition) is 1. The van der Waals surface area contributed by atoms with Crippen molar-refractivity contribution >= 4 is 18.3 Å². The summed E-state index contributed by atoms with van der Waals surface area (Å²) in [5.41, 5.74) is 2.42. The fraction of sp³-hybridized carbons (Fsp3) is 0.250. The fourth-order valence-corrected chi connectivity index (χ4v) is 2.05. The van der Waals surface area contributed by atoms with Crippen LogP contribution in [0.15, 0.2) is 47.6 Å². The summed E-state index contributed by atoms with van der Waals surface area (Å²) < 4.78 is 28.5. The second kappa shape index (κ2) is 8.98. The third-order valence-electron chi connectivity index (χ3n) is 3.24. The molecule has 0 atom stereocenters. The number of esters is 1. The number of rotatable bonds is 5. The number of benzene rings is 2. The Balaban J connectivity index is 2.05. The first-order valence-corrected chi connectivity index (χ1v) is 8.36. The molecule has 0 saturated carbocycles. The molecule has 0 aromatic heterocycles. The first-order chi connectivity index (χ1) is 13.2. The van der Waals surface area contributed by atoms with Crippen molar-refractivity contribution in [3.05, 3.63) is 59.4 Å². The zero-order valence-electron chi connectivity index (χ0n) is 16.0. The lowest BCUT2D eigenvalue weighted by atomic mass is 10.2. The van der Waals surface area contributed by atoms with Crippen molar-refractivity contribution < 1.29 is 28.2 Å².